The zero-order chi connectivity index (χ0) is 30.6. The molecule has 47 heavy (non-hydrogen) atoms. The van der Waals surface area contributed by atoms with Gasteiger partial charge in [0.25, 0.3) is 6.71 Å². The molecule has 7 aromatic carbocycles. The Morgan fingerprint density at radius 3 is 1.00 bits per heavy atom. The molecule has 0 aromatic heterocycles. The summed E-state index contributed by atoms with van der Waals surface area (Å²) in [6.45, 7) is 0.359. The van der Waals surface area contributed by atoms with Crippen LogP contribution in [0.25, 0.3) is 0 Å². The van der Waals surface area contributed by atoms with Crippen LogP contribution in [0.3, 0.4) is 0 Å². The van der Waals surface area contributed by atoms with E-state index < -0.39 is 0 Å². The van der Waals surface area contributed by atoms with Crippen LogP contribution < -0.4 is 59.0 Å². The lowest BCUT2D eigenvalue weighted by Gasteiger charge is -2.50. The van der Waals surface area contributed by atoms with Crippen LogP contribution in [0.1, 0.15) is 0 Å². The Bertz CT molecular complexity index is 2220. The monoisotopic (exact) mass is 592 g/mol. The Balaban J connectivity index is 1.35. The lowest BCUT2D eigenvalue weighted by Crippen LogP contribution is -2.71. The Labute approximate surface area is 276 Å². The number of rotatable bonds is 2. The van der Waals surface area contributed by atoms with E-state index in [9.17, 15) is 0 Å². The summed E-state index contributed by atoms with van der Waals surface area (Å²) in [5, 5.41) is 0. The van der Waals surface area contributed by atoms with E-state index in [-0.39, 0.29) is 20.1 Å². The maximum Gasteiger partial charge on any atom is 0.252 e. The second-order valence-electron chi connectivity index (χ2n) is 13.2. The molecular weight excluding hydrogens is 565 g/mol. The second kappa shape index (κ2) is 9.43. The standard InChI is InChI=1S/C42H27B3N2/c1-3-15-28(16-4-1)43-30-19-7-11-23-36(30)46-38-25-13-9-21-32(38)45-33-22-10-14-26-39(33)47-37-24-12-8-20-31(37)44(29-17-5-2-6-18-29)35-27-34(43)41(46)40(45)42(35)47/h1-27H. The van der Waals surface area contributed by atoms with Crippen molar-refractivity contribution < 1.29 is 0 Å². The van der Waals surface area contributed by atoms with Crippen molar-refractivity contribution in [3.8, 4) is 0 Å². The number of hydrogen-bond donors (Lipinski definition) is 0. The molecule has 0 aliphatic carbocycles. The third-order valence-corrected chi connectivity index (χ3v) is 10.9. The number of benzene rings is 7. The molecule has 4 aliphatic rings. The SMILES string of the molecule is c1ccc(B2c3ccccc3N3c4ccccc4B4c5ccccc5N5c6ccccc6B(c6ccccc6)c6cc2c3c4c65)cc1. The normalized spacial score (nSPS) is 14.2. The molecule has 0 N–H and O–H groups in total. The van der Waals surface area contributed by atoms with E-state index in [1.807, 2.05) is 0 Å². The molecule has 0 amide bonds. The van der Waals surface area contributed by atoms with E-state index in [2.05, 4.69) is 174 Å². The fraction of sp³-hybridized carbons (Fsp3) is 0. The molecule has 214 valence electrons. The van der Waals surface area contributed by atoms with Gasteiger partial charge in [-0.1, -0.05) is 150 Å². The molecule has 2 nitrogen and oxygen atoms in total. The smallest absolute Gasteiger partial charge is 0.252 e. The summed E-state index contributed by atoms with van der Waals surface area (Å²) < 4.78 is 0. The quantitative estimate of drug-likeness (QED) is 0.284. The average molecular weight is 592 g/mol. The molecular formula is C42H27B3N2. The van der Waals surface area contributed by atoms with Crippen LogP contribution in [0.2, 0.25) is 0 Å². The van der Waals surface area contributed by atoms with Gasteiger partial charge in [-0.25, -0.2) is 0 Å². The molecule has 0 atom stereocenters. The minimum Gasteiger partial charge on any atom is -0.312 e. The number of fused-ring (bicyclic) bond motifs is 10. The number of hydrogen-bond acceptors (Lipinski definition) is 2. The maximum atomic E-state index is 2.59. The zero-order valence-corrected chi connectivity index (χ0v) is 25.7. The predicted octanol–water partition coefficient (Wildman–Crippen LogP) is 3.43. The Morgan fingerprint density at radius 1 is 0.298 bits per heavy atom. The second-order valence-corrected chi connectivity index (χ2v) is 13.2. The van der Waals surface area contributed by atoms with Crippen LogP contribution in [0.15, 0.2) is 164 Å². The third-order valence-electron chi connectivity index (χ3n) is 10.9. The van der Waals surface area contributed by atoms with Gasteiger partial charge in [-0.3, -0.25) is 0 Å². The van der Waals surface area contributed by atoms with Gasteiger partial charge in [-0.2, -0.15) is 0 Å². The Kier molecular flexibility index (Phi) is 5.12. The molecule has 0 bridgehead atoms. The van der Waals surface area contributed by atoms with E-state index in [0.717, 1.165) is 0 Å². The van der Waals surface area contributed by atoms with E-state index in [4.69, 9.17) is 0 Å². The first kappa shape index (κ1) is 25.5. The molecule has 7 aromatic rings. The molecule has 0 fully saturated rings. The fourth-order valence-corrected chi connectivity index (χ4v) is 9.25. The molecule has 0 radical (unpaired) electrons. The van der Waals surface area contributed by atoms with Crippen molar-refractivity contribution in [2.45, 2.75) is 0 Å². The molecule has 4 heterocycles. The van der Waals surface area contributed by atoms with Crippen molar-refractivity contribution in [3.05, 3.63) is 164 Å². The summed E-state index contributed by atoms with van der Waals surface area (Å²) in [7, 11) is 0. The van der Waals surface area contributed by atoms with Gasteiger partial charge in [0.1, 0.15) is 0 Å². The van der Waals surface area contributed by atoms with Gasteiger partial charge in [-0.15, -0.1) is 0 Å². The van der Waals surface area contributed by atoms with Crippen LogP contribution >= 0.6 is 0 Å². The largest absolute Gasteiger partial charge is 0.312 e. The highest BCUT2D eigenvalue weighted by molar-refractivity contribution is 7.06. The summed E-state index contributed by atoms with van der Waals surface area (Å²) in [4.78, 5) is 5.19. The lowest BCUT2D eigenvalue weighted by molar-refractivity contribution is 1.26. The summed E-state index contributed by atoms with van der Waals surface area (Å²) in [6, 6.07) is 61.3. The van der Waals surface area contributed by atoms with Crippen molar-refractivity contribution >= 4 is 103 Å². The van der Waals surface area contributed by atoms with Crippen LogP contribution in [0.4, 0.5) is 34.1 Å². The highest BCUT2D eigenvalue weighted by Crippen LogP contribution is 2.44. The van der Waals surface area contributed by atoms with Crippen molar-refractivity contribution in [2.24, 2.45) is 0 Å². The van der Waals surface area contributed by atoms with Gasteiger partial charge in [0, 0.05) is 34.1 Å². The highest BCUT2D eigenvalue weighted by atomic mass is 15.2. The molecule has 11 rings (SSSR count). The highest BCUT2D eigenvalue weighted by Gasteiger charge is 2.51. The van der Waals surface area contributed by atoms with Crippen LogP contribution in [0, 0.1) is 0 Å². The lowest BCUT2D eigenvalue weighted by atomic mass is 9.26. The van der Waals surface area contributed by atoms with Crippen LogP contribution in [-0.2, 0) is 0 Å². The van der Waals surface area contributed by atoms with Crippen molar-refractivity contribution in [3.63, 3.8) is 0 Å². The maximum absolute atomic E-state index is 2.59. The van der Waals surface area contributed by atoms with E-state index in [1.54, 1.807) is 0 Å². The minimum absolute atomic E-state index is 0.116. The van der Waals surface area contributed by atoms with Crippen LogP contribution in [0.5, 0.6) is 0 Å². The number of para-hydroxylation sites is 4. The van der Waals surface area contributed by atoms with Gasteiger partial charge < -0.3 is 9.80 Å². The number of nitrogens with zero attached hydrogens (tertiary/aromatic N) is 2. The molecule has 5 heteroatoms. The van der Waals surface area contributed by atoms with Crippen molar-refractivity contribution in [2.75, 3.05) is 9.80 Å². The zero-order valence-electron chi connectivity index (χ0n) is 25.7. The summed E-state index contributed by atoms with van der Waals surface area (Å²) in [5.41, 5.74) is 20.1. The fourth-order valence-electron chi connectivity index (χ4n) is 9.25. The van der Waals surface area contributed by atoms with E-state index >= 15 is 0 Å². The summed E-state index contributed by atoms with van der Waals surface area (Å²) in [6.07, 6.45) is 0. The van der Waals surface area contributed by atoms with Gasteiger partial charge >= 0.3 is 0 Å². The molecule has 4 aliphatic heterocycles. The third kappa shape index (κ3) is 3.28. The van der Waals surface area contributed by atoms with Gasteiger partial charge in [0.2, 0.25) is 13.4 Å². The molecule has 0 saturated carbocycles. The first-order valence-electron chi connectivity index (χ1n) is 16.6. The van der Waals surface area contributed by atoms with E-state index in [1.165, 1.54) is 83.3 Å². The van der Waals surface area contributed by atoms with Crippen molar-refractivity contribution in [1.82, 2.24) is 0 Å². The van der Waals surface area contributed by atoms with Gasteiger partial charge in [0.05, 0.1) is 0 Å². The molecule has 0 unspecified atom stereocenters. The van der Waals surface area contributed by atoms with Gasteiger partial charge in [-0.05, 0) is 62.5 Å². The van der Waals surface area contributed by atoms with Crippen LogP contribution in [-0.4, -0.2) is 20.1 Å². The average Bonchev–Trinajstić information content (AvgIpc) is 3.14. The first-order chi connectivity index (χ1) is 23.4. The molecule has 0 spiro atoms. The minimum atomic E-state index is 0.116. The molecule has 0 saturated heterocycles. The Morgan fingerprint density at radius 2 is 0.617 bits per heavy atom. The van der Waals surface area contributed by atoms with Gasteiger partial charge in [0.15, 0.2) is 0 Å². The topological polar surface area (TPSA) is 6.48 Å². The first-order valence-corrected chi connectivity index (χ1v) is 16.6. The van der Waals surface area contributed by atoms with Crippen molar-refractivity contribution in [1.29, 1.82) is 0 Å². The van der Waals surface area contributed by atoms with E-state index in [0.29, 0.717) is 0 Å². The Hall–Kier alpha value is -5.67. The summed E-state index contributed by atoms with van der Waals surface area (Å²) >= 11 is 0. The predicted molar refractivity (Wildman–Crippen MR) is 203 cm³/mol. The number of anilines is 6. The summed E-state index contributed by atoms with van der Waals surface area (Å²) in [5.74, 6) is 0.